The van der Waals surface area contributed by atoms with Gasteiger partial charge in [-0.2, -0.15) is 0 Å². The molecule has 0 bridgehead atoms. The summed E-state index contributed by atoms with van der Waals surface area (Å²) >= 11 is 0. The van der Waals surface area contributed by atoms with Gasteiger partial charge in [-0.1, -0.05) is 30.3 Å². The zero-order valence-electron chi connectivity index (χ0n) is 15.2. The minimum absolute atomic E-state index is 0. The van der Waals surface area contributed by atoms with E-state index in [0.717, 1.165) is 18.7 Å². The van der Waals surface area contributed by atoms with Gasteiger partial charge in [-0.05, 0) is 28.8 Å². The van der Waals surface area contributed by atoms with E-state index in [0.29, 0.717) is 17.3 Å². The Hall–Kier alpha value is -2.90. The third-order valence-corrected chi connectivity index (χ3v) is 4.84. The van der Waals surface area contributed by atoms with Gasteiger partial charge in [0.25, 0.3) is 11.1 Å². The van der Waals surface area contributed by atoms with Crippen molar-refractivity contribution in [3.8, 4) is 0 Å². The highest BCUT2D eigenvalue weighted by molar-refractivity contribution is 5.85. The van der Waals surface area contributed by atoms with Crippen molar-refractivity contribution in [3.05, 3.63) is 79.9 Å². The lowest BCUT2D eigenvalue weighted by Gasteiger charge is -2.09. The van der Waals surface area contributed by atoms with Crippen molar-refractivity contribution in [1.29, 1.82) is 0 Å². The topological polar surface area (TPSA) is 96.0 Å². The lowest BCUT2D eigenvalue weighted by molar-refractivity contribution is -0.121. The van der Waals surface area contributed by atoms with Gasteiger partial charge in [-0.25, -0.2) is 4.68 Å². The van der Waals surface area contributed by atoms with E-state index >= 15 is 0 Å². The smallest absolute Gasteiger partial charge is 0.273 e. The second-order valence-corrected chi connectivity index (χ2v) is 6.68. The molecule has 2 heterocycles. The molecule has 1 aromatic heterocycles. The van der Waals surface area contributed by atoms with Gasteiger partial charge in [0, 0.05) is 26.1 Å². The summed E-state index contributed by atoms with van der Waals surface area (Å²) in [5, 5.41) is 9.41. The van der Waals surface area contributed by atoms with Gasteiger partial charge in [0.2, 0.25) is 5.91 Å². The molecule has 3 N–H and O–H groups in total. The lowest BCUT2D eigenvalue weighted by Crippen LogP contribution is -2.32. The van der Waals surface area contributed by atoms with Gasteiger partial charge in [0.15, 0.2) is 0 Å². The maximum atomic E-state index is 12.4. The van der Waals surface area contributed by atoms with E-state index < -0.39 is 0 Å². The van der Waals surface area contributed by atoms with E-state index in [1.807, 2.05) is 6.07 Å². The highest BCUT2D eigenvalue weighted by Crippen LogP contribution is 2.16. The molecule has 1 amide bonds. The molecule has 2 aromatic carbocycles. The van der Waals surface area contributed by atoms with Crippen LogP contribution in [0.4, 0.5) is 0 Å². The average Bonchev–Trinajstić information content (AvgIpc) is 3.16. The average molecular weight is 401 g/mol. The molecule has 0 fully saturated rings. The van der Waals surface area contributed by atoms with Gasteiger partial charge >= 0.3 is 0 Å². The predicted molar refractivity (Wildman–Crippen MR) is 110 cm³/mol. The number of carbonyl (C=O) groups excluding carboxylic acids is 1. The van der Waals surface area contributed by atoms with E-state index in [4.69, 9.17) is 0 Å². The summed E-state index contributed by atoms with van der Waals surface area (Å²) in [6.07, 6.45) is 0.112. The van der Waals surface area contributed by atoms with Gasteiger partial charge in [0.1, 0.15) is 0 Å². The normalized spacial score (nSPS) is 12.4. The number of benzene rings is 2. The minimum atomic E-state index is -0.336. The number of aromatic amines is 1. The largest absolute Gasteiger partial charge is 0.352 e. The number of rotatable bonds is 5. The van der Waals surface area contributed by atoms with Crippen molar-refractivity contribution in [2.24, 2.45) is 0 Å². The highest BCUT2D eigenvalue weighted by atomic mass is 35.5. The lowest BCUT2D eigenvalue weighted by atomic mass is 10.1. The molecule has 4 rings (SSSR count). The predicted octanol–water partition coefficient (Wildman–Crippen LogP) is 1.42. The SMILES string of the molecule is Cl.O=C(CCn1[nH]c(=O)c2ccccc2c1=O)NCc1ccc2c(c1)CNC2. The maximum absolute atomic E-state index is 12.4. The van der Waals surface area contributed by atoms with E-state index in [-0.39, 0.29) is 42.4 Å². The molecule has 8 heteroatoms. The van der Waals surface area contributed by atoms with E-state index in [1.165, 1.54) is 15.8 Å². The second-order valence-electron chi connectivity index (χ2n) is 6.68. The minimum Gasteiger partial charge on any atom is -0.352 e. The van der Waals surface area contributed by atoms with Crippen LogP contribution in [0.3, 0.4) is 0 Å². The molecular weight excluding hydrogens is 380 g/mol. The molecule has 1 aliphatic rings. The van der Waals surface area contributed by atoms with Crippen molar-refractivity contribution < 1.29 is 4.79 Å². The van der Waals surface area contributed by atoms with Crippen LogP contribution in [0.15, 0.2) is 52.1 Å². The van der Waals surface area contributed by atoms with Crippen LogP contribution in [0.2, 0.25) is 0 Å². The van der Waals surface area contributed by atoms with Crippen molar-refractivity contribution in [2.45, 2.75) is 32.6 Å². The Morgan fingerprint density at radius 1 is 1.04 bits per heavy atom. The Balaban J connectivity index is 0.00000225. The quantitative estimate of drug-likeness (QED) is 0.603. The number of halogens is 1. The number of aromatic nitrogens is 2. The summed E-state index contributed by atoms with van der Waals surface area (Å²) in [4.78, 5) is 36.7. The third kappa shape index (κ3) is 4.00. The van der Waals surface area contributed by atoms with Crippen molar-refractivity contribution in [1.82, 2.24) is 20.4 Å². The number of fused-ring (bicyclic) bond motifs is 2. The number of hydrogen-bond donors (Lipinski definition) is 3. The Labute approximate surface area is 167 Å². The van der Waals surface area contributed by atoms with Crippen LogP contribution in [0, 0.1) is 0 Å². The van der Waals surface area contributed by atoms with Crippen LogP contribution in [0.25, 0.3) is 10.8 Å². The molecule has 28 heavy (non-hydrogen) atoms. The molecule has 7 nitrogen and oxygen atoms in total. The van der Waals surface area contributed by atoms with Crippen LogP contribution in [-0.2, 0) is 31.0 Å². The first-order chi connectivity index (χ1) is 13.1. The zero-order chi connectivity index (χ0) is 18.8. The Morgan fingerprint density at radius 3 is 2.61 bits per heavy atom. The number of H-pyrrole nitrogens is 1. The number of carbonyl (C=O) groups is 1. The van der Waals surface area contributed by atoms with Crippen molar-refractivity contribution >= 4 is 29.1 Å². The Morgan fingerprint density at radius 2 is 1.79 bits per heavy atom. The number of hydrogen-bond acceptors (Lipinski definition) is 4. The summed E-state index contributed by atoms with van der Waals surface area (Å²) < 4.78 is 1.20. The van der Waals surface area contributed by atoms with Gasteiger partial charge in [-0.3, -0.25) is 19.5 Å². The molecule has 3 aromatic rings. The van der Waals surface area contributed by atoms with Gasteiger partial charge < -0.3 is 10.6 Å². The molecule has 0 aliphatic carbocycles. The molecule has 0 saturated carbocycles. The Kier molecular flexibility index (Phi) is 5.96. The number of nitrogens with one attached hydrogen (secondary N) is 3. The highest BCUT2D eigenvalue weighted by Gasteiger charge is 2.11. The zero-order valence-corrected chi connectivity index (χ0v) is 16.0. The standard InChI is InChI=1S/C20H20N4O3.ClH/c25-18(22-10-13-5-6-14-11-21-12-15(14)9-13)7-8-24-20(27)17-4-2-1-3-16(17)19(26)23-24;/h1-6,9,21H,7-8,10-12H2,(H,22,25)(H,23,26);1H. The van der Waals surface area contributed by atoms with Crippen LogP contribution >= 0.6 is 12.4 Å². The first-order valence-electron chi connectivity index (χ1n) is 8.92. The van der Waals surface area contributed by atoms with Gasteiger partial charge in [-0.15, -0.1) is 12.4 Å². The number of amides is 1. The molecule has 0 saturated heterocycles. The first-order valence-corrected chi connectivity index (χ1v) is 8.92. The van der Waals surface area contributed by atoms with E-state index in [2.05, 4.69) is 27.9 Å². The van der Waals surface area contributed by atoms with Crippen LogP contribution < -0.4 is 21.8 Å². The fourth-order valence-electron chi connectivity index (χ4n) is 3.36. The summed E-state index contributed by atoms with van der Waals surface area (Å²) in [5.74, 6) is -0.172. The molecule has 0 radical (unpaired) electrons. The summed E-state index contributed by atoms with van der Waals surface area (Å²) in [5.41, 5.74) is 2.97. The fourth-order valence-corrected chi connectivity index (χ4v) is 3.36. The molecule has 0 unspecified atom stereocenters. The maximum Gasteiger partial charge on any atom is 0.273 e. The van der Waals surface area contributed by atoms with Gasteiger partial charge in [0.05, 0.1) is 17.3 Å². The van der Waals surface area contributed by atoms with E-state index in [9.17, 15) is 14.4 Å². The number of nitrogens with zero attached hydrogens (tertiary/aromatic N) is 1. The summed E-state index contributed by atoms with van der Waals surface area (Å²) in [7, 11) is 0. The number of aryl methyl sites for hydroxylation is 1. The third-order valence-electron chi connectivity index (χ3n) is 4.84. The van der Waals surface area contributed by atoms with Crippen molar-refractivity contribution in [3.63, 3.8) is 0 Å². The summed E-state index contributed by atoms with van der Waals surface area (Å²) in [6.45, 7) is 2.31. The van der Waals surface area contributed by atoms with Crippen molar-refractivity contribution in [2.75, 3.05) is 0 Å². The van der Waals surface area contributed by atoms with Crippen LogP contribution in [0.1, 0.15) is 23.1 Å². The molecular formula is C20H21ClN4O3. The first kappa shape index (κ1) is 19.9. The fraction of sp³-hybridized carbons (Fsp3) is 0.250. The molecule has 1 aliphatic heterocycles. The van der Waals surface area contributed by atoms with Crippen LogP contribution in [-0.4, -0.2) is 15.7 Å². The Bertz CT molecular complexity index is 1140. The summed E-state index contributed by atoms with van der Waals surface area (Å²) in [6, 6.07) is 12.8. The van der Waals surface area contributed by atoms with E-state index in [1.54, 1.807) is 24.3 Å². The second kappa shape index (κ2) is 8.41. The van der Waals surface area contributed by atoms with Crippen LogP contribution in [0.5, 0.6) is 0 Å². The molecule has 0 atom stereocenters. The molecule has 0 spiro atoms. The molecule has 146 valence electrons. The monoisotopic (exact) mass is 400 g/mol.